The van der Waals surface area contributed by atoms with E-state index in [1.807, 2.05) is 0 Å². The van der Waals surface area contributed by atoms with Crippen LogP contribution < -0.4 is 0 Å². The van der Waals surface area contributed by atoms with Crippen LogP contribution >= 0.6 is 27.5 Å². The lowest BCUT2D eigenvalue weighted by molar-refractivity contribution is -0.116. The van der Waals surface area contributed by atoms with Crippen molar-refractivity contribution in [1.29, 1.82) is 0 Å². The topological polar surface area (TPSA) is 54.4 Å². The van der Waals surface area contributed by atoms with E-state index < -0.39 is 5.97 Å². The lowest BCUT2D eigenvalue weighted by atomic mass is 10.0. The zero-order valence-electron chi connectivity index (χ0n) is 7.67. The zero-order chi connectivity index (χ0) is 11.4. The number of Topliss-reactive ketones (excluding diaryl/α,β-unsaturated/α-hetero) is 1. The van der Waals surface area contributed by atoms with Crippen LogP contribution in [0.4, 0.5) is 0 Å². The van der Waals surface area contributed by atoms with E-state index in [1.165, 1.54) is 6.07 Å². The minimum Gasteiger partial charge on any atom is -0.478 e. The molecule has 1 aromatic carbocycles. The number of ketones is 1. The maximum absolute atomic E-state index is 11.1. The fraction of sp³-hybridized carbons (Fsp3) is 0.200. The van der Waals surface area contributed by atoms with Crippen molar-refractivity contribution in [2.75, 3.05) is 5.88 Å². The van der Waals surface area contributed by atoms with Crippen molar-refractivity contribution in [3.8, 4) is 0 Å². The molecule has 0 saturated heterocycles. The standard InChI is InChI=1S/C10H8BrClO3/c11-7-1-2-9(10(14)15)6(3-7)4-8(13)5-12/h1-3H,4-5H2,(H,14,15). The van der Waals surface area contributed by atoms with Crippen LogP contribution in [-0.4, -0.2) is 22.7 Å². The van der Waals surface area contributed by atoms with Gasteiger partial charge in [0, 0.05) is 10.9 Å². The van der Waals surface area contributed by atoms with E-state index in [0.717, 1.165) is 4.47 Å². The van der Waals surface area contributed by atoms with Gasteiger partial charge in [0.15, 0.2) is 5.78 Å². The normalized spacial score (nSPS) is 10.0. The van der Waals surface area contributed by atoms with E-state index in [9.17, 15) is 9.59 Å². The summed E-state index contributed by atoms with van der Waals surface area (Å²) in [7, 11) is 0. The molecule has 0 fully saturated rings. The molecule has 0 aliphatic carbocycles. The van der Waals surface area contributed by atoms with Crippen LogP contribution in [0.1, 0.15) is 15.9 Å². The third-order valence-corrected chi connectivity index (χ3v) is 2.63. The van der Waals surface area contributed by atoms with Crippen LogP contribution in [0.15, 0.2) is 22.7 Å². The quantitative estimate of drug-likeness (QED) is 0.867. The summed E-state index contributed by atoms with van der Waals surface area (Å²) in [6, 6.07) is 4.70. The largest absolute Gasteiger partial charge is 0.478 e. The first kappa shape index (κ1) is 12.2. The first-order chi connectivity index (χ1) is 7.04. The average Bonchev–Trinajstić information content (AvgIpc) is 2.17. The highest BCUT2D eigenvalue weighted by Gasteiger charge is 2.12. The summed E-state index contributed by atoms with van der Waals surface area (Å²) < 4.78 is 0.741. The summed E-state index contributed by atoms with van der Waals surface area (Å²) in [6.45, 7) is 0. The summed E-state index contributed by atoms with van der Waals surface area (Å²) in [4.78, 5) is 22.0. The second-order valence-corrected chi connectivity index (χ2v) is 4.14. The molecule has 0 spiro atoms. The molecular formula is C10H8BrClO3. The van der Waals surface area contributed by atoms with Gasteiger partial charge in [0.05, 0.1) is 11.4 Å². The van der Waals surface area contributed by atoms with E-state index >= 15 is 0 Å². The second kappa shape index (κ2) is 5.28. The van der Waals surface area contributed by atoms with Crippen LogP contribution in [0, 0.1) is 0 Å². The molecule has 0 aromatic heterocycles. The number of carbonyl (C=O) groups is 2. The van der Waals surface area contributed by atoms with Crippen molar-refractivity contribution in [3.05, 3.63) is 33.8 Å². The molecule has 3 nitrogen and oxygen atoms in total. The molecule has 0 amide bonds. The molecule has 0 heterocycles. The Labute approximate surface area is 100 Å². The molecule has 0 aliphatic heterocycles. The molecule has 5 heteroatoms. The second-order valence-electron chi connectivity index (χ2n) is 2.96. The molecule has 0 unspecified atom stereocenters. The highest BCUT2D eigenvalue weighted by molar-refractivity contribution is 9.10. The number of halogens is 2. The van der Waals surface area contributed by atoms with E-state index in [2.05, 4.69) is 15.9 Å². The summed E-state index contributed by atoms with van der Waals surface area (Å²) >= 11 is 8.58. The number of carboxylic acids is 1. The highest BCUT2D eigenvalue weighted by atomic mass is 79.9. The molecule has 1 aromatic rings. The van der Waals surface area contributed by atoms with Gasteiger partial charge in [0.25, 0.3) is 0 Å². The van der Waals surface area contributed by atoms with Gasteiger partial charge in [-0.3, -0.25) is 4.79 Å². The van der Waals surface area contributed by atoms with Crippen LogP contribution in [0.25, 0.3) is 0 Å². The van der Waals surface area contributed by atoms with Crippen molar-refractivity contribution in [2.45, 2.75) is 6.42 Å². The molecule has 0 atom stereocenters. The fourth-order valence-electron chi connectivity index (χ4n) is 1.18. The van der Waals surface area contributed by atoms with Gasteiger partial charge in [-0.25, -0.2) is 4.79 Å². The third-order valence-electron chi connectivity index (χ3n) is 1.83. The summed E-state index contributed by atoms with van der Waals surface area (Å²) in [5, 5.41) is 8.88. The van der Waals surface area contributed by atoms with Gasteiger partial charge in [-0.2, -0.15) is 0 Å². The van der Waals surface area contributed by atoms with Gasteiger partial charge in [-0.1, -0.05) is 15.9 Å². The van der Waals surface area contributed by atoms with Gasteiger partial charge in [0.2, 0.25) is 0 Å². The Morgan fingerprint density at radius 1 is 1.40 bits per heavy atom. The Balaban J connectivity index is 3.07. The van der Waals surface area contributed by atoms with Crippen LogP contribution in [0.5, 0.6) is 0 Å². The number of carboxylic acid groups (broad SMARTS) is 1. The first-order valence-corrected chi connectivity index (χ1v) is 5.46. The molecule has 0 radical (unpaired) electrons. The van der Waals surface area contributed by atoms with Gasteiger partial charge in [0.1, 0.15) is 0 Å². The van der Waals surface area contributed by atoms with Crippen LogP contribution in [0.3, 0.4) is 0 Å². The molecule has 15 heavy (non-hydrogen) atoms. The average molecular weight is 292 g/mol. The molecule has 0 aliphatic rings. The Morgan fingerprint density at radius 3 is 2.60 bits per heavy atom. The lowest BCUT2D eigenvalue weighted by Gasteiger charge is -2.04. The number of benzene rings is 1. The molecule has 0 saturated carbocycles. The van der Waals surface area contributed by atoms with E-state index in [1.54, 1.807) is 12.1 Å². The third kappa shape index (κ3) is 3.32. The number of carbonyl (C=O) groups excluding carboxylic acids is 1. The first-order valence-electron chi connectivity index (χ1n) is 4.14. The van der Waals surface area contributed by atoms with Crippen molar-refractivity contribution in [3.63, 3.8) is 0 Å². The van der Waals surface area contributed by atoms with Crippen LogP contribution in [0.2, 0.25) is 0 Å². The smallest absolute Gasteiger partial charge is 0.335 e. The summed E-state index contributed by atoms with van der Waals surface area (Å²) in [6.07, 6.45) is 0.0462. The molecule has 1 N–H and O–H groups in total. The Bertz CT molecular complexity index is 404. The summed E-state index contributed by atoms with van der Waals surface area (Å²) in [5.41, 5.74) is 0.610. The van der Waals surface area contributed by atoms with Crippen molar-refractivity contribution < 1.29 is 14.7 Å². The maximum atomic E-state index is 11.1. The molecule has 0 bridgehead atoms. The maximum Gasteiger partial charge on any atom is 0.335 e. The van der Waals surface area contributed by atoms with Gasteiger partial charge in [-0.05, 0) is 23.8 Å². The van der Waals surface area contributed by atoms with Gasteiger partial charge < -0.3 is 5.11 Å². The lowest BCUT2D eigenvalue weighted by Crippen LogP contribution is -2.09. The Hall–Kier alpha value is -0.870. The monoisotopic (exact) mass is 290 g/mol. The van der Waals surface area contributed by atoms with Crippen molar-refractivity contribution in [1.82, 2.24) is 0 Å². The van der Waals surface area contributed by atoms with Crippen LogP contribution in [-0.2, 0) is 11.2 Å². The zero-order valence-corrected chi connectivity index (χ0v) is 10.0. The molecular weight excluding hydrogens is 283 g/mol. The minimum absolute atomic E-state index is 0.0462. The minimum atomic E-state index is -1.04. The predicted molar refractivity (Wildman–Crippen MR) is 60.5 cm³/mol. The SMILES string of the molecule is O=C(CCl)Cc1cc(Br)ccc1C(=O)O. The Kier molecular flexibility index (Phi) is 4.29. The van der Waals surface area contributed by atoms with E-state index in [0.29, 0.717) is 5.56 Å². The van der Waals surface area contributed by atoms with Crippen molar-refractivity contribution >= 4 is 39.3 Å². The molecule has 80 valence electrons. The van der Waals surface area contributed by atoms with Gasteiger partial charge >= 0.3 is 5.97 Å². The summed E-state index contributed by atoms with van der Waals surface area (Å²) in [5.74, 6) is -1.34. The number of hydrogen-bond donors (Lipinski definition) is 1. The van der Waals surface area contributed by atoms with E-state index in [-0.39, 0.29) is 23.6 Å². The predicted octanol–water partition coefficient (Wildman–Crippen LogP) is 2.50. The number of rotatable bonds is 4. The number of aromatic carboxylic acids is 1. The number of hydrogen-bond acceptors (Lipinski definition) is 2. The molecule has 1 rings (SSSR count). The highest BCUT2D eigenvalue weighted by Crippen LogP contribution is 2.17. The Morgan fingerprint density at radius 2 is 2.07 bits per heavy atom. The fourth-order valence-corrected chi connectivity index (χ4v) is 1.68. The van der Waals surface area contributed by atoms with Gasteiger partial charge in [-0.15, -0.1) is 11.6 Å². The van der Waals surface area contributed by atoms with E-state index in [4.69, 9.17) is 16.7 Å². The number of alkyl halides is 1. The van der Waals surface area contributed by atoms with Crippen molar-refractivity contribution in [2.24, 2.45) is 0 Å².